The summed E-state index contributed by atoms with van der Waals surface area (Å²) in [5.74, 6) is 0.854. The summed E-state index contributed by atoms with van der Waals surface area (Å²) < 4.78 is 0. The summed E-state index contributed by atoms with van der Waals surface area (Å²) in [6.45, 7) is 4.08. The minimum Gasteiger partial charge on any atom is -0.356 e. The quantitative estimate of drug-likeness (QED) is 0.771. The molecule has 2 aromatic rings. The van der Waals surface area contributed by atoms with Crippen molar-refractivity contribution in [3.8, 4) is 0 Å². The molecule has 19 heavy (non-hydrogen) atoms. The lowest BCUT2D eigenvalue weighted by atomic mass is 10.1. The number of anilines is 1. The van der Waals surface area contributed by atoms with Gasteiger partial charge in [-0.05, 0) is 43.9 Å². The van der Waals surface area contributed by atoms with Crippen LogP contribution in [0.4, 0.5) is 5.82 Å². The average Bonchev–Trinajstić information content (AvgIpc) is 2.46. The van der Waals surface area contributed by atoms with Crippen LogP contribution in [0.1, 0.15) is 35.2 Å². The Kier molecular flexibility index (Phi) is 3.20. The standard InChI is InChI=1S/C16H18N2O/c1-12-5-6-13-10-14(11-19)16(17-15(13)9-12)18-7-3-2-4-8-18/h5-6,9-11H,2-4,7-8H2,1H3. The second-order valence-electron chi connectivity index (χ2n) is 5.26. The molecule has 0 atom stereocenters. The molecule has 1 aromatic heterocycles. The summed E-state index contributed by atoms with van der Waals surface area (Å²) in [4.78, 5) is 18.3. The van der Waals surface area contributed by atoms with Crippen molar-refractivity contribution >= 4 is 23.0 Å². The Balaban J connectivity index is 2.12. The molecule has 1 aliphatic rings. The summed E-state index contributed by atoms with van der Waals surface area (Å²) in [5, 5.41) is 1.04. The molecular formula is C16H18N2O. The van der Waals surface area contributed by atoms with E-state index in [1.807, 2.05) is 12.1 Å². The van der Waals surface area contributed by atoms with Crippen molar-refractivity contribution in [1.82, 2.24) is 4.98 Å². The molecule has 1 saturated heterocycles. The number of hydrogen-bond donors (Lipinski definition) is 0. The number of benzene rings is 1. The number of piperidine rings is 1. The third-order valence-corrected chi connectivity index (χ3v) is 3.76. The number of rotatable bonds is 2. The van der Waals surface area contributed by atoms with Crippen LogP contribution in [0.2, 0.25) is 0 Å². The lowest BCUT2D eigenvalue weighted by Crippen LogP contribution is -2.31. The van der Waals surface area contributed by atoms with Crippen LogP contribution in [0.3, 0.4) is 0 Å². The maximum atomic E-state index is 11.3. The number of aromatic nitrogens is 1. The van der Waals surface area contributed by atoms with Gasteiger partial charge in [-0.3, -0.25) is 4.79 Å². The molecule has 3 rings (SSSR count). The van der Waals surface area contributed by atoms with Gasteiger partial charge >= 0.3 is 0 Å². The van der Waals surface area contributed by atoms with E-state index in [0.29, 0.717) is 5.56 Å². The molecule has 0 radical (unpaired) electrons. The Morgan fingerprint density at radius 2 is 1.95 bits per heavy atom. The van der Waals surface area contributed by atoms with Crippen molar-refractivity contribution in [2.45, 2.75) is 26.2 Å². The fourth-order valence-electron chi connectivity index (χ4n) is 2.73. The molecule has 0 amide bonds. The van der Waals surface area contributed by atoms with Crippen molar-refractivity contribution in [3.63, 3.8) is 0 Å². The molecule has 0 N–H and O–H groups in total. The highest BCUT2D eigenvalue weighted by Gasteiger charge is 2.16. The van der Waals surface area contributed by atoms with Crippen molar-refractivity contribution < 1.29 is 4.79 Å². The molecule has 1 aliphatic heterocycles. The summed E-state index contributed by atoms with van der Waals surface area (Å²) in [7, 11) is 0. The van der Waals surface area contributed by atoms with Gasteiger partial charge in [0.2, 0.25) is 0 Å². The Morgan fingerprint density at radius 3 is 2.68 bits per heavy atom. The van der Waals surface area contributed by atoms with Crippen LogP contribution in [0.25, 0.3) is 10.9 Å². The fourth-order valence-corrected chi connectivity index (χ4v) is 2.73. The second kappa shape index (κ2) is 5.00. The van der Waals surface area contributed by atoms with E-state index in [4.69, 9.17) is 4.98 Å². The number of aldehydes is 1. The second-order valence-corrected chi connectivity index (χ2v) is 5.26. The molecule has 1 aromatic carbocycles. The minimum absolute atomic E-state index is 0.707. The monoisotopic (exact) mass is 254 g/mol. The lowest BCUT2D eigenvalue weighted by molar-refractivity contribution is 0.112. The molecule has 1 fully saturated rings. The normalized spacial score (nSPS) is 15.7. The number of carbonyl (C=O) groups is 1. The van der Waals surface area contributed by atoms with Crippen LogP contribution in [0.15, 0.2) is 24.3 Å². The van der Waals surface area contributed by atoms with Crippen LogP contribution < -0.4 is 4.90 Å². The van der Waals surface area contributed by atoms with E-state index in [9.17, 15) is 4.79 Å². The smallest absolute Gasteiger partial charge is 0.153 e. The molecule has 2 heterocycles. The molecule has 0 bridgehead atoms. The zero-order chi connectivity index (χ0) is 13.2. The zero-order valence-corrected chi connectivity index (χ0v) is 11.2. The van der Waals surface area contributed by atoms with Gasteiger partial charge in [0.15, 0.2) is 6.29 Å². The Morgan fingerprint density at radius 1 is 1.16 bits per heavy atom. The van der Waals surface area contributed by atoms with Gasteiger partial charge in [-0.1, -0.05) is 12.1 Å². The first-order valence-corrected chi connectivity index (χ1v) is 6.89. The highest BCUT2D eigenvalue weighted by Crippen LogP contribution is 2.25. The Bertz CT molecular complexity index is 615. The van der Waals surface area contributed by atoms with Crippen molar-refractivity contribution in [1.29, 1.82) is 0 Å². The van der Waals surface area contributed by atoms with E-state index in [1.165, 1.54) is 24.8 Å². The third kappa shape index (κ3) is 2.33. The Labute approximate surface area is 113 Å². The van der Waals surface area contributed by atoms with Crippen molar-refractivity contribution in [2.75, 3.05) is 18.0 Å². The van der Waals surface area contributed by atoms with Gasteiger partial charge in [0.1, 0.15) is 5.82 Å². The van der Waals surface area contributed by atoms with Gasteiger partial charge in [0.25, 0.3) is 0 Å². The van der Waals surface area contributed by atoms with Gasteiger partial charge in [0.05, 0.1) is 11.1 Å². The highest BCUT2D eigenvalue weighted by molar-refractivity contribution is 5.92. The zero-order valence-electron chi connectivity index (χ0n) is 11.2. The van der Waals surface area contributed by atoms with Crippen LogP contribution in [0.5, 0.6) is 0 Å². The van der Waals surface area contributed by atoms with Gasteiger partial charge in [-0.25, -0.2) is 4.98 Å². The number of pyridine rings is 1. The molecule has 3 nitrogen and oxygen atoms in total. The average molecular weight is 254 g/mol. The van der Waals surface area contributed by atoms with Gasteiger partial charge in [-0.15, -0.1) is 0 Å². The number of fused-ring (bicyclic) bond motifs is 1. The maximum Gasteiger partial charge on any atom is 0.153 e. The topological polar surface area (TPSA) is 33.2 Å². The molecular weight excluding hydrogens is 236 g/mol. The number of hydrogen-bond acceptors (Lipinski definition) is 3. The molecule has 0 saturated carbocycles. The van der Waals surface area contributed by atoms with Crippen LogP contribution in [-0.2, 0) is 0 Å². The lowest BCUT2D eigenvalue weighted by Gasteiger charge is -2.28. The highest BCUT2D eigenvalue weighted by atomic mass is 16.1. The van der Waals surface area contributed by atoms with Crippen LogP contribution in [0, 0.1) is 6.92 Å². The minimum atomic E-state index is 0.707. The first-order chi connectivity index (χ1) is 9.28. The molecule has 98 valence electrons. The van der Waals surface area contributed by atoms with E-state index in [1.54, 1.807) is 0 Å². The van der Waals surface area contributed by atoms with E-state index < -0.39 is 0 Å². The van der Waals surface area contributed by atoms with E-state index in [0.717, 1.165) is 36.1 Å². The number of aryl methyl sites for hydroxylation is 1. The number of carbonyl (C=O) groups excluding carboxylic acids is 1. The predicted molar refractivity (Wildman–Crippen MR) is 77.9 cm³/mol. The van der Waals surface area contributed by atoms with Gasteiger partial charge in [0, 0.05) is 18.5 Å². The third-order valence-electron chi connectivity index (χ3n) is 3.76. The summed E-state index contributed by atoms with van der Waals surface area (Å²) in [5.41, 5.74) is 2.88. The fraction of sp³-hybridized carbons (Fsp3) is 0.375. The van der Waals surface area contributed by atoms with Gasteiger partial charge in [-0.2, -0.15) is 0 Å². The SMILES string of the molecule is Cc1ccc2cc(C=O)c(N3CCCCC3)nc2c1. The van der Waals surface area contributed by atoms with E-state index in [-0.39, 0.29) is 0 Å². The van der Waals surface area contributed by atoms with E-state index >= 15 is 0 Å². The van der Waals surface area contributed by atoms with Crippen LogP contribution in [-0.4, -0.2) is 24.4 Å². The van der Waals surface area contributed by atoms with Crippen LogP contribution >= 0.6 is 0 Å². The molecule has 3 heteroatoms. The summed E-state index contributed by atoms with van der Waals surface area (Å²) >= 11 is 0. The largest absolute Gasteiger partial charge is 0.356 e. The van der Waals surface area contributed by atoms with Crippen molar-refractivity contribution in [2.24, 2.45) is 0 Å². The molecule has 0 unspecified atom stereocenters. The summed E-state index contributed by atoms with van der Waals surface area (Å²) in [6, 6.07) is 8.12. The number of nitrogens with zero attached hydrogens (tertiary/aromatic N) is 2. The van der Waals surface area contributed by atoms with Gasteiger partial charge < -0.3 is 4.90 Å². The predicted octanol–water partition coefficient (Wildman–Crippen LogP) is 3.35. The summed E-state index contributed by atoms with van der Waals surface area (Å²) in [6.07, 6.45) is 4.58. The molecule has 0 spiro atoms. The van der Waals surface area contributed by atoms with Crippen molar-refractivity contribution in [3.05, 3.63) is 35.4 Å². The Hall–Kier alpha value is -1.90. The first kappa shape index (κ1) is 12.2. The molecule has 0 aliphatic carbocycles. The first-order valence-electron chi connectivity index (χ1n) is 6.89. The maximum absolute atomic E-state index is 11.3. The van der Waals surface area contributed by atoms with E-state index in [2.05, 4.69) is 24.0 Å².